The molecule has 0 spiro atoms. The van der Waals surface area contributed by atoms with Gasteiger partial charge in [0.25, 0.3) is 0 Å². The molecule has 3 atom stereocenters. The lowest BCUT2D eigenvalue weighted by Gasteiger charge is -2.18. The van der Waals surface area contributed by atoms with Crippen molar-refractivity contribution in [2.24, 2.45) is 0 Å². The molecule has 0 bridgehead atoms. The minimum absolute atomic E-state index is 0.0864. The largest absolute Gasteiger partial charge is 0.497 e. The number of alkyl halides is 1. The second-order valence-corrected chi connectivity index (χ2v) is 7.43. The van der Waals surface area contributed by atoms with Crippen molar-refractivity contribution in [3.05, 3.63) is 24.0 Å². The number of halogens is 1. The Morgan fingerprint density at radius 2 is 2.24 bits per heavy atom. The van der Waals surface area contributed by atoms with Crippen molar-refractivity contribution in [1.82, 2.24) is 9.55 Å². The minimum Gasteiger partial charge on any atom is -0.497 e. The number of methoxy groups -OCH3 is 1. The summed E-state index contributed by atoms with van der Waals surface area (Å²) >= 11 is 8.35. The molecule has 1 heterocycles. The number of benzene rings is 1. The fourth-order valence-corrected chi connectivity index (χ4v) is 4.19. The first-order valence-corrected chi connectivity index (χ1v) is 9.09. The van der Waals surface area contributed by atoms with E-state index < -0.39 is 0 Å². The third-order valence-electron chi connectivity index (χ3n) is 4.34. The van der Waals surface area contributed by atoms with E-state index in [1.807, 2.05) is 30.8 Å². The molecule has 1 saturated carbocycles. The maximum Gasteiger partial charge on any atom is 0.127 e. The van der Waals surface area contributed by atoms with E-state index in [9.17, 15) is 0 Å². The number of fused-ring (bicyclic) bond motifs is 1. The summed E-state index contributed by atoms with van der Waals surface area (Å²) in [5, 5.41) is 0.668. The lowest BCUT2D eigenvalue weighted by atomic mass is 10.2. The third kappa shape index (κ3) is 2.76. The van der Waals surface area contributed by atoms with Gasteiger partial charge in [0.1, 0.15) is 11.6 Å². The van der Waals surface area contributed by atoms with Gasteiger partial charge in [-0.2, -0.15) is 11.8 Å². The summed E-state index contributed by atoms with van der Waals surface area (Å²) in [4.78, 5) is 4.76. The van der Waals surface area contributed by atoms with Crippen molar-refractivity contribution in [3.63, 3.8) is 0 Å². The van der Waals surface area contributed by atoms with Crippen LogP contribution in [0.4, 0.5) is 0 Å². The highest BCUT2D eigenvalue weighted by Crippen LogP contribution is 2.40. The molecule has 3 nitrogen and oxygen atoms in total. The van der Waals surface area contributed by atoms with Crippen molar-refractivity contribution in [3.8, 4) is 5.75 Å². The molecule has 0 radical (unpaired) electrons. The van der Waals surface area contributed by atoms with Crippen molar-refractivity contribution in [2.45, 2.75) is 42.9 Å². The summed E-state index contributed by atoms with van der Waals surface area (Å²) in [6, 6.07) is 6.62. The van der Waals surface area contributed by atoms with Gasteiger partial charge in [0.15, 0.2) is 0 Å². The Labute approximate surface area is 135 Å². The zero-order chi connectivity index (χ0) is 15.0. The first-order valence-electron chi connectivity index (χ1n) is 7.36. The predicted octanol–water partition coefficient (Wildman–Crippen LogP) is 4.80. The Bertz CT molecular complexity index is 640. The third-order valence-corrected chi connectivity index (χ3v) is 5.63. The molecule has 3 unspecified atom stereocenters. The van der Waals surface area contributed by atoms with E-state index >= 15 is 0 Å². The second kappa shape index (κ2) is 6.09. The zero-order valence-corrected chi connectivity index (χ0v) is 14.2. The summed E-state index contributed by atoms with van der Waals surface area (Å²) < 4.78 is 7.67. The number of nitrogens with zero attached hydrogens (tertiary/aromatic N) is 2. The number of rotatable bonds is 4. The Morgan fingerprint density at radius 3 is 2.86 bits per heavy atom. The molecule has 2 aromatic rings. The van der Waals surface area contributed by atoms with Gasteiger partial charge in [-0.3, -0.25) is 0 Å². The molecule has 1 aliphatic carbocycles. The maximum atomic E-state index is 6.38. The van der Waals surface area contributed by atoms with Crippen molar-refractivity contribution in [1.29, 1.82) is 0 Å². The van der Waals surface area contributed by atoms with Crippen LogP contribution in [0.15, 0.2) is 18.2 Å². The summed E-state index contributed by atoms with van der Waals surface area (Å²) in [5.41, 5.74) is 2.15. The molecule has 0 amide bonds. The zero-order valence-electron chi connectivity index (χ0n) is 12.7. The molecule has 0 aliphatic heterocycles. The normalized spacial score (nSPS) is 23.6. The van der Waals surface area contributed by atoms with Crippen LogP contribution in [0.5, 0.6) is 5.75 Å². The smallest absolute Gasteiger partial charge is 0.127 e. The molecular weight excluding hydrogens is 304 g/mol. The van der Waals surface area contributed by atoms with Crippen LogP contribution in [-0.2, 0) is 0 Å². The first kappa shape index (κ1) is 15.0. The molecule has 0 saturated heterocycles. The Balaban J connectivity index is 2.08. The first-order chi connectivity index (χ1) is 10.1. The van der Waals surface area contributed by atoms with Gasteiger partial charge in [0, 0.05) is 17.4 Å². The van der Waals surface area contributed by atoms with Crippen LogP contribution in [0, 0.1) is 0 Å². The van der Waals surface area contributed by atoms with E-state index in [1.54, 1.807) is 7.11 Å². The van der Waals surface area contributed by atoms with Crippen LogP contribution in [0.3, 0.4) is 0 Å². The van der Waals surface area contributed by atoms with Crippen LogP contribution >= 0.6 is 23.4 Å². The summed E-state index contributed by atoms with van der Waals surface area (Å²) in [6.45, 7) is 2.00. The highest BCUT2D eigenvalue weighted by atomic mass is 35.5. The fourth-order valence-electron chi connectivity index (χ4n) is 3.25. The Morgan fingerprint density at radius 1 is 1.43 bits per heavy atom. The SMILES string of the molecule is COc1ccc2c(c1)nc(C(C)Cl)n2C1CCC(SC)C1. The van der Waals surface area contributed by atoms with Crippen LogP contribution < -0.4 is 4.74 Å². The number of hydrogen-bond acceptors (Lipinski definition) is 3. The van der Waals surface area contributed by atoms with Crippen LogP contribution in [0.25, 0.3) is 11.0 Å². The molecular formula is C16H21ClN2OS. The molecule has 1 aromatic heterocycles. The van der Waals surface area contributed by atoms with Gasteiger partial charge in [0.05, 0.1) is 23.5 Å². The van der Waals surface area contributed by atoms with E-state index in [-0.39, 0.29) is 5.38 Å². The lowest BCUT2D eigenvalue weighted by molar-refractivity contribution is 0.415. The number of hydrogen-bond donors (Lipinski definition) is 0. The van der Waals surface area contributed by atoms with Gasteiger partial charge < -0.3 is 9.30 Å². The van der Waals surface area contributed by atoms with Crippen LogP contribution in [0.2, 0.25) is 0 Å². The lowest BCUT2D eigenvalue weighted by Crippen LogP contribution is -2.10. The summed E-state index contributed by atoms with van der Waals surface area (Å²) in [5.74, 6) is 1.82. The molecule has 3 rings (SSSR count). The predicted molar refractivity (Wildman–Crippen MR) is 90.7 cm³/mol. The standard InChI is InChI=1S/C16H21ClN2OS/c1-10(17)16-18-14-9-12(20-2)5-7-15(14)19(16)11-4-6-13(8-11)21-3/h5,7,9-11,13H,4,6,8H2,1-3H3. The van der Waals surface area contributed by atoms with Crippen molar-refractivity contribution >= 4 is 34.4 Å². The number of ether oxygens (including phenoxy) is 1. The van der Waals surface area contributed by atoms with E-state index in [0.29, 0.717) is 6.04 Å². The molecule has 1 aliphatic rings. The highest BCUT2D eigenvalue weighted by Gasteiger charge is 2.29. The van der Waals surface area contributed by atoms with Gasteiger partial charge in [-0.15, -0.1) is 11.6 Å². The molecule has 5 heteroatoms. The van der Waals surface area contributed by atoms with Gasteiger partial charge in [0.2, 0.25) is 0 Å². The molecule has 1 aromatic carbocycles. The van der Waals surface area contributed by atoms with E-state index in [4.69, 9.17) is 21.3 Å². The van der Waals surface area contributed by atoms with Gasteiger partial charge in [-0.05, 0) is 44.6 Å². The Kier molecular flexibility index (Phi) is 4.36. The molecule has 114 valence electrons. The summed E-state index contributed by atoms with van der Waals surface area (Å²) in [7, 11) is 1.68. The van der Waals surface area contributed by atoms with E-state index in [0.717, 1.165) is 22.3 Å². The summed E-state index contributed by atoms with van der Waals surface area (Å²) in [6.07, 6.45) is 5.89. The van der Waals surface area contributed by atoms with Gasteiger partial charge in [-0.1, -0.05) is 0 Å². The van der Waals surface area contributed by atoms with Gasteiger partial charge in [-0.25, -0.2) is 4.98 Å². The van der Waals surface area contributed by atoms with Gasteiger partial charge >= 0.3 is 0 Å². The number of thioether (sulfide) groups is 1. The molecule has 0 N–H and O–H groups in total. The number of aromatic nitrogens is 2. The van der Waals surface area contributed by atoms with Crippen LogP contribution in [0.1, 0.15) is 43.4 Å². The van der Waals surface area contributed by atoms with Crippen molar-refractivity contribution in [2.75, 3.05) is 13.4 Å². The van der Waals surface area contributed by atoms with E-state index in [2.05, 4.69) is 16.9 Å². The topological polar surface area (TPSA) is 27.1 Å². The average Bonchev–Trinajstić information content (AvgIpc) is 3.09. The second-order valence-electron chi connectivity index (χ2n) is 5.64. The van der Waals surface area contributed by atoms with E-state index in [1.165, 1.54) is 24.8 Å². The number of imidazole rings is 1. The minimum atomic E-state index is -0.0864. The molecule has 1 fully saturated rings. The van der Waals surface area contributed by atoms with Crippen molar-refractivity contribution < 1.29 is 4.74 Å². The monoisotopic (exact) mass is 324 g/mol. The quantitative estimate of drug-likeness (QED) is 0.756. The average molecular weight is 325 g/mol. The maximum absolute atomic E-state index is 6.38. The molecule has 21 heavy (non-hydrogen) atoms. The fraction of sp³-hybridized carbons (Fsp3) is 0.562. The van der Waals surface area contributed by atoms with Crippen LogP contribution in [-0.4, -0.2) is 28.2 Å². The Hall–Kier alpha value is -0.870. The highest BCUT2D eigenvalue weighted by molar-refractivity contribution is 7.99.